The van der Waals surface area contributed by atoms with Crippen LogP contribution < -0.4 is 5.32 Å². The standard InChI is InChI=1S/C14H16N2O2/c1-10(17)16-8-7-11-5-3-4-6-12(11)13(16)9-14(18)15-2/h3-8,13H,9H2,1-2H3,(H,15,18). The molecule has 1 aromatic rings. The lowest BCUT2D eigenvalue weighted by Gasteiger charge is -2.32. The summed E-state index contributed by atoms with van der Waals surface area (Å²) in [4.78, 5) is 24.8. The predicted molar refractivity (Wildman–Crippen MR) is 69.4 cm³/mol. The van der Waals surface area contributed by atoms with E-state index in [2.05, 4.69) is 5.32 Å². The lowest BCUT2D eigenvalue weighted by Crippen LogP contribution is -2.34. The smallest absolute Gasteiger partial charge is 0.223 e. The zero-order valence-electron chi connectivity index (χ0n) is 10.5. The van der Waals surface area contributed by atoms with E-state index in [1.807, 2.05) is 30.3 Å². The maximum absolute atomic E-state index is 11.6. The quantitative estimate of drug-likeness (QED) is 0.860. The third-order valence-corrected chi connectivity index (χ3v) is 3.13. The second-order valence-corrected chi connectivity index (χ2v) is 4.26. The van der Waals surface area contributed by atoms with Gasteiger partial charge in [-0.3, -0.25) is 9.59 Å². The summed E-state index contributed by atoms with van der Waals surface area (Å²) in [5.41, 5.74) is 2.07. The van der Waals surface area contributed by atoms with Crippen molar-refractivity contribution in [3.8, 4) is 0 Å². The average Bonchev–Trinajstić information content (AvgIpc) is 2.38. The summed E-state index contributed by atoms with van der Waals surface area (Å²) in [5.74, 6) is -0.133. The van der Waals surface area contributed by atoms with E-state index in [9.17, 15) is 9.59 Å². The fraction of sp³-hybridized carbons (Fsp3) is 0.286. The van der Waals surface area contributed by atoms with E-state index >= 15 is 0 Å². The predicted octanol–water partition coefficient (Wildman–Crippen LogP) is 1.70. The Kier molecular flexibility index (Phi) is 3.46. The number of benzene rings is 1. The topological polar surface area (TPSA) is 49.4 Å². The highest BCUT2D eigenvalue weighted by atomic mass is 16.2. The van der Waals surface area contributed by atoms with E-state index in [1.54, 1.807) is 18.1 Å². The molecule has 0 radical (unpaired) electrons. The molecular formula is C14H16N2O2. The van der Waals surface area contributed by atoms with Gasteiger partial charge in [0.1, 0.15) is 0 Å². The number of hydrogen-bond acceptors (Lipinski definition) is 2. The molecule has 0 aromatic heterocycles. The maximum Gasteiger partial charge on any atom is 0.223 e. The molecule has 0 aliphatic carbocycles. The second kappa shape index (κ2) is 5.04. The maximum atomic E-state index is 11.6. The molecule has 94 valence electrons. The van der Waals surface area contributed by atoms with Crippen LogP contribution in [0.3, 0.4) is 0 Å². The molecule has 0 fully saturated rings. The van der Waals surface area contributed by atoms with Crippen molar-refractivity contribution in [2.24, 2.45) is 0 Å². The van der Waals surface area contributed by atoms with Crippen molar-refractivity contribution in [3.05, 3.63) is 41.6 Å². The Morgan fingerprint density at radius 2 is 2.06 bits per heavy atom. The van der Waals surface area contributed by atoms with Crippen molar-refractivity contribution < 1.29 is 9.59 Å². The summed E-state index contributed by atoms with van der Waals surface area (Å²) in [5, 5.41) is 2.60. The van der Waals surface area contributed by atoms with E-state index in [0.29, 0.717) is 0 Å². The van der Waals surface area contributed by atoms with Gasteiger partial charge in [0, 0.05) is 20.2 Å². The van der Waals surface area contributed by atoms with Gasteiger partial charge >= 0.3 is 0 Å². The first-order valence-electron chi connectivity index (χ1n) is 5.90. The number of nitrogens with zero attached hydrogens (tertiary/aromatic N) is 1. The van der Waals surface area contributed by atoms with Gasteiger partial charge in [-0.1, -0.05) is 24.3 Å². The molecule has 4 heteroatoms. The lowest BCUT2D eigenvalue weighted by molar-refractivity contribution is -0.129. The monoisotopic (exact) mass is 244 g/mol. The molecular weight excluding hydrogens is 228 g/mol. The minimum atomic E-state index is -0.219. The molecule has 2 amide bonds. The van der Waals surface area contributed by atoms with Crippen molar-refractivity contribution in [3.63, 3.8) is 0 Å². The van der Waals surface area contributed by atoms with Gasteiger partial charge in [-0.25, -0.2) is 0 Å². The number of rotatable bonds is 2. The molecule has 2 rings (SSSR count). The highest BCUT2D eigenvalue weighted by molar-refractivity contribution is 5.81. The zero-order valence-corrected chi connectivity index (χ0v) is 10.5. The molecule has 1 aliphatic heterocycles. The molecule has 1 aliphatic rings. The summed E-state index contributed by atoms with van der Waals surface area (Å²) in [6.45, 7) is 1.51. The molecule has 0 bridgehead atoms. The van der Waals surface area contributed by atoms with E-state index in [0.717, 1.165) is 11.1 Å². The third kappa shape index (κ3) is 2.27. The Hall–Kier alpha value is -2.10. The molecule has 1 heterocycles. The zero-order chi connectivity index (χ0) is 13.1. The van der Waals surface area contributed by atoms with Crippen LogP contribution in [0.25, 0.3) is 6.08 Å². The fourth-order valence-electron chi connectivity index (χ4n) is 2.19. The van der Waals surface area contributed by atoms with Crippen LogP contribution in [0.2, 0.25) is 0 Å². The van der Waals surface area contributed by atoms with E-state index < -0.39 is 0 Å². The van der Waals surface area contributed by atoms with Gasteiger partial charge in [0.15, 0.2) is 0 Å². The number of amides is 2. The van der Waals surface area contributed by atoms with E-state index in [1.165, 1.54) is 6.92 Å². The SMILES string of the molecule is CNC(=O)CC1c2ccccc2C=CN1C(C)=O. The Balaban J connectivity index is 2.38. The van der Waals surface area contributed by atoms with Crippen LogP contribution in [0.5, 0.6) is 0 Å². The van der Waals surface area contributed by atoms with Gasteiger partial charge in [-0.2, -0.15) is 0 Å². The summed E-state index contributed by atoms with van der Waals surface area (Å²) >= 11 is 0. The van der Waals surface area contributed by atoms with Crippen molar-refractivity contribution in [2.75, 3.05) is 7.05 Å². The molecule has 4 nitrogen and oxygen atoms in total. The van der Waals surface area contributed by atoms with Crippen LogP contribution in [0.1, 0.15) is 30.5 Å². The van der Waals surface area contributed by atoms with Crippen LogP contribution in [-0.2, 0) is 9.59 Å². The summed E-state index contributed by atoms with van der Waals surface area (Å²) in [6.07, 6.45) is 3.92. The molecule has 1 aromatic carbocycles. The molecule has 1 N–H and O–H groups in total. The first-order chi connectivity index (χ1) is 8.63. The highest BCUT2D eigenvalue weighted by Gasteiger charge is 2.27. The number of carbonyl (C=O) groups excluding carboxylic acids is 2. The molecule has 1 unspecified atom stereocenters. The van der Waals surface area contributed by atoms with Crippen molar-refractivity contribution in [1.82, 2.24) is 10.2 Å². The van der Waals surface area contributed by atoms with Crippen molar-refractivity contribution in [2.45, 2.75) is 19.4 Å². The Bertz CT molecular complexity index is 508. The van der Waals surface area contributed by atoms with Crippen molar-refractivity contribution >= 4 is 17.9 Å². The van der Waals surface area contributed by atoms with Gasteiger partial charge in [0.2, 0.25) is 11.8 Å². The largest absolute Gasteiger partial charge is 0.359 e. The normalized spacial score (nSPS) is 17.2. The molecule has 0 saturated carbocycles. The lowest BCUT2D eigenvalue weighted by atomic mass is 9.93. The first kappa shape index (κ1) is 12.4. The van der Waals surface area contributed by atoms with Crippen LogP contribution in [0.15, 0.2) is 30.5 Å². The van der Waals surface area contributed by atoms with Gasteiger partial charge in [0.25, 0.3) is 0 Å². The van der Waals surface area contributed by atoms with Crippen LogP contribution in [0.4, 0.5) is 0 Å². The highest BCUT2D eigenvalue weighted by Crippen LogP contribution is 2.32. The minimum Gasteiger partial charge on any atom is -0.359 e. The number of carbonyl (C=O) groups is 2. The summed E-state index contributed by atoms with van der Waals surface area (Å²) in [7, 11) is 1.60. The van der Waals surface area contributed by atoms with Gasteiger partial charge in [0.05, 0.1) is 12.5 Å². The van der Waals surface area contributed by atoms with Gasteiger partial charge in [-0.15, -0.1) is 0 Å². The minimum absolute atomic E-state index is 0.0605. The second-order valence-electron chi connectivity index (χ2n) is 4.26. The van der Waals surface area contributed by atoms with Gasteiger partial charge in [-0.05, 0) is 17.2 Å². The van der Waals surface area contributed by atoms with Gasteiger partial charge < -0.3 is 10.2 Å². The number of fused-ring (bicyclic) bond motifs is 1. The van der Waals surface area contributed by atoms with Crippen LogP contribution >= 0.6 is 0 Å². The third-order valence-electron chi connectivity index (χ3n) is 3.13. The molecule has 0 spiro atoms. The van der Waals surface area contributed by atoms with E-state index in [4.69, 9.17) is 0 Å². The fourth-order valence-corrected chi connectivity index (χ4v) is 2.19. The molecule has 1 atom stereocenters. The molecule has 18 heavy (non-hydrogen) atoms. The van der Waals surface area contributed by atoms with E-state index in [-0.39, 0.29) is 24.3 Å². The average molecular weight is 244 g/mol. The Morgan fingerprint density at radius 1 is 1.33 bits per heavy atom. The van der Waals surface area contributed by atoms with Crippen molar-refractivity contribution in [1.29, 1.82) is 0 Å². The summed E-state index contributed by atoms with van der Waals surface area (Å²) in [6, 6.07) is 7.60. The first-order valence-corrected chi connectivity index (χ1v) is 5.90. The van der Waals surface area contributed by atoms with Crippen LogP contribution in [-0.4, -0.2) is 23.8 Å². The number of hydrogen-bond donors (Lipinski definition) is 1. The van der Waals surface area contributed by atoms with Crippen LogP contribution in [0, 0.1) is 0 Å². The molecule has 0 saturated heterocycles. The Labute approximate surface area is 106 Å². The number of nitrogens with one attached hydrogen (secondary N) is 1. The Morgan fingerprint density at radius 3 is 2.72 bits per heavy atom. The summed E-state index contributed by atoms with van der Waals surface area (Å²) < 4.78 is 0.